The summed E-state index contributed by atoms with van der Waals surface area (Å²) in [6.07, 6.45) is 5.47. The van der Waals surface area contributed by atoms with Gasteiger partial charge in [-0.2, -0.15) is 5.26 Å². The average Bonchev–Trinajstić information content (AvgIpc) is 3.29. The summed E-state index contributed by atoms with van der Waals surface area (Å²) in [5, 5.41) is 24.1. The van der Waals surface area contributed by atoms with E-state index in [1.165, 1.54) is 0 Å². The van der Waals surface area contributed by atoms with Crippen molar-refractivity contribution in [1.29, 1.82) is 5.26 Å². The van der Waals surface area contributed by atoms with Gasteiger partial charge in [0.05, 0.1) is 17.3 Å². The molecule has 0 amide bonds. The van der Waals surface area contributed by atoms with Gasteiger partial charge in [-0.05, 0) is 25.3 Å². The molecule has 0 spiro atoms. The number of pyridine rings is 1. The number of rotatable bonds is 5. The lowest BCUT2D eigenvalue weighted by Gasteiger charge is -2.37. The van der Waals surface area contributed by atoms with Crippen molar-refractivity contribution < 1.29 is 0 Å². The Morgan fingerprint density at radius 1 is 1.41 bits per heavy atom. The molecule has 2 atom stereocenters. The Morgan fingerprint density at radius 2 is 2.30 bits per heavy atom. The number of nitrogens with zero attached hydrogens (tertiary/aromatic N) is 5. The summed E-state index contributed by atoms with van der Waals surface area (Å²) >= 11 is 1.58. The molecular formula is C19H23N7S. The van der Waals surface area contributed by atoms with Crippen LogP contribution in [0.25, 0.3) is 21.6 Å². The minimum atomic E-state index is 0.320. The number of hydrogen-bond donors (Lipinski definition) is 2. The number of aryl methyl sites for hydroxylation is 1. The second kappa shape index (κ2) is 7.62. The Kier molecular flexibility index (Phi) is 5.05. The number of H-pyrrole nitrogens is 1. The monoisotopic (exact) mass is 381 g/mol. The molecule has 7 nitrogen and oxygen atoms in total. The molecule has 2 N–H and O–H groups in total. The van der Waals surface area contributed by atoms with Crippen molar-refractivity contribution in [3.8, 4) is 16.6 Å². The molecule has 3 aromatic rings. The number of nitrogens with one attached hydrogen (secondary N) is 2. The largest absolute Gasteiger partial charge is 0.380 e. The van der Waals surface area contributed by atoms with E-state index in [1.807, 2.05) is 19.3 Å². The Morgan fingerprint density at radius 3 is 3.07 bits per heavy atom. The summed E-state index contributed by atoms with van der Waals surface area (Å²) < 4.78 is 0. The van der Waals surface area contributed by atoms with Crippen molar-refractivity contribution in [3.63, 3.8) is 0 Å². The number of piperidine rings is 1. The van der Waals surface area contributed by atoms with Gasteiger partial charge in [-0.15, -0.1) is 10.2 Å². The molecule has 140 valence electrons. The average molecular weight is 382 g/mol. The molecule has 1 aliphatic heterocycles. The minimum absolute atomic E-state index is 0.320. The van der Waals surface area contributed by atoms with Crippen LogP contribution < -0.4 is 5.32 Å². The molecule has 0 bridgehead atoms. The smallest absolute Gasteiger partial charge is 0.151 e. The third-order valence-corrected chi connectivity index (χ3v) is 5.84. The molecular weight excluding hydrogens is 358 g/mol. The van der Waals surface area contributed by atoms with Crippen LogP contribution in [0.15, 0.2) is 18.5 Å². The lowest BCUT2D eigenvalue weighted by molar-refractivity contribution is 0.175. The van der Waals surface area contributed by atoms with E-state index >= 15 is 0 Å². The maximum atomic E-state index is 8.91. The molecule has 0 saturated carbocycles. The van der Waals surface area contributed by atoms with Gasteiger partial charge < -0.3 is 15.2 Å². The summed E-state index contributed by atoms with van der Waals surface area (Å²) in [7, 11) is 0. The first-order valence-electron chi connectivity index (χ1n) is 9.26. The highest BCUT2D eigenvalue weighted by atomic mass is 32.1. The van der Waals surface area contributed by atoms with Crippen LogP contribution >= 0.6 is 11.3 Å². The van der Waals surface area contributed by atoms with Crippen LogP contribution in [0.4, 0.5) is 5.69 Å². The molecule has 4 rings (SSSR count). The summed E-state index contributed by atoms with van der Waals surface area (Å²) in [6.45, 7) is 7.07. The molecule has 8 heteroatoms. The molecule has 1 saturated heterocycles. The second-order valence-corrected chi connectivity index (χ2v) is 8.44. The van der Waals surface area contributed by atoms with Gasteiger partial charge in [-0.3, -0.25) is 0 Å². The first-order valence-corrected chi connectivity index (χ1v) is 10.1. The lowest BCUT2D eigenvalue weighted by atomic mass is 9.95. The first-order chi connectivity index (χ1) is 13.1. The highest BCUT2D eigenvalue weighted by Crippen LogP contribution is 2.36. The standard InChI is InChI=1S/C19H23N7S/c1-12-8-14(11-26(10-12)7-3-5-20)23-17-15-4-6-21-18(15)22-9-16(17)19-25-24-13(2)27-19/h4,6,9,12,14H,3,7-8,10-11H2,1-2H3,(H2,21,22,23)/t12-,14+/m0/s1. The summed E-state index contributed by atoms with van der Waals surface area (Å²) in [5.41, 5.74) is 2.93. The Hall–Kier alpha value is -2.50. The zero-order valence-corrected chi connectivity index (χ0v) is 16.4. The van der Waals surface area contributed by atoms with E-state index in [-0.39, 0.29) is 0 Å². The van der Waals surface area contributed by atoms with Crippen molar-refractivity contribution in [1.82, 2.24) is 25.1 Å². The van der Waals surface area contributed by atoms with E-state index in [4.69, 9.17) is 5.26 Å². The van der Waals surface area contributed by atoms with Crippen LogP contribution in [-0.2, 0) is 0 Å². The summed E-state index contributed by atoms with van der Waals surface area (Å²) in [5.74, 6) is 0.589. The first kappa shape index (κ1) is 17.9. The molecule has 4 heterocycles. The fourth-order valence-electron chi connectivity index (χ4n) is 3.89. The fraction of sp³-hybridized carbons (Fsp3) is 0.474. The quantitative estimate of drug-likeness (QED) is 0.703. The third-order valence-electron chi connectivity index (χ3n) is 4.97. The predicted molar refractivity (Wildman–Crippen MR) is 108 cm³/mol. The minimum Gasteiger partial charge on any atom is -0.380 e. The highest BCUT2D eigenvalue weighted by Gasteiger charge is 2.26. The van der Waals surface area contributed by atoms with Crippen molar-refractivity contribution >= 4 is 28.1 Å². The van der Waals surface area contributed by atoms with Gasteiger partial charge in [-0.1, -0.05) is 18.3 Å². The normalized spacial score (nSPS) is 20.6. The zero-order chi connectivity index (χ0) is 18.8. The van der Waals surface area contributed by atoms with Crippen molar-refractivity contribution in [2.75, 3.05) is 25.0 Å². The molecule has 0 radical (unpaired) electrons. The maximum absolute atomic E-state index is 8.91. The van der Waals surface area contributed by atoms with Crippen molar-refractivity contribution in [2.24, 2.45) is 5.92 Å². The van der Waals surface area contributed by atoms with Crippen LogP contribution in [0.3, 0.4) is 0 Å². The SMILES string of the molecule is Cc1nnc(-c2cnc3[nH]ccc3c2N[C@@H]2C[C@H](C)CN(CCC#N)C2)s1. The van der Waals surface area contributed by atoms with E-state index in [0.717, 1.165) is 58.4 Å². The van der Waals surface area contributed by atoms with Gasteiger partial charge in [0.25, 0.3) is 0 Å². The maximum Gasteiger partial charge on any atom is 0.151 e. The van der Waals surface area contributed by atoms with Gasteiger partial charge in [0.1, 0.15) is 10.7 Å². The number of fused-ring (bicyclic) bond motifs is 1. The Balaban J connectivity index is 1.66. The van der Waals surface area contributed by atoms with Crippen LogP contribution in [0, 0.1) is 24.2 Å². The van der Waals surface area contributed by atoms with Crippen LogP contribution in [0.5, 0.6) is 0 Å². The molecule has 0 aromatic carbocycles. The molecule has 1 aliphatic rings. The predicted octanol–water partition coefficient (Wildman–Crippen LogP) is 3.43. The van der Waals surface area contributed by atoms with Crippen molar-refractivity contribution in [2.45, 2.75) is 32.7 Å². The number of nitriles is 1. The molecule has 3 aromatic heterocycles. The number of hydrogen-bond acceptors (Lipinski definition) is 7. The number of aromatic amines is 1. The van der Waals surface area contributed by atoms with E-state index in [0.29, 0.717) is 18.4 Å². The summed E-state index contributed by atoms with van der Waals surface area (Å²) in [4.78, 5) is 10.1. The highest BCUT2D eigenvalue weighted by molar-refractivity contribution is 7.14. The zero-order valence-electron chi connectivity index (χ0n) is 15.6. The van der Waals surface area contributed by atoms with Gasteiger partial charge >= 0.3 is 0 Å². The Labute approximate surface area is 162 Å². The van der Waals surface area contributed by atoms with E-state index in [1.54, 1.807) is 11.3 Å². The lowest BCUT2D eigenvalue weighted by Crippen LogP contribution is -2.45. The van der Waals surface area contributed by atoms with Gasteiger partial charge in [0.15, 0.2) is 5.01 Å². The van der Waals surface area contributed by atoms with E-state index in [9.17, 15) is 0 Å². The topological polar surface area (TPSA) is 93.5 Å². The fourth-order valence-corrected chi connectivity index (χ4v) is 4.60. The van der Waals surface area contributed by atoms with Crippen LogP contribution in [-0.4, -0.2) is 50.7 Å². The van der Waals surface area contributed by atoms with Gasteiger partial charge in [0.2, 0.25) is 0 Å². The number of aromatic nitrogens is 4. The van der Waals surface area contributed by atoms with Gasteiger partial charge in [0, 0.05) is 49.9 Å². The van der Waals surface area contributed by atoms with Crippen molar-refractivity contribution in [3.05, 3.63) is 23.5 Å². The second-order valence-electron chi connectivity index (χ2n) is 7.26. The molecule has 27 heavy (non-hydrogen) atoms. The van der Waals surface area contributed by atoms with Gasteiger partial charge in [-0.25, -0.2) is 4.98 Å². The number of likely N-dealkylation sites (tertiary alicyclic amines) is 1. The molecule has 1 fully saturated rings. The van der Waals surface area contributed by atoms with E-state index < -0.39 is 0 Å². The summed E-state index contributed by atoms with van der Waals surface area (Å²) in [6, 6.07) is 4.64. The Bertz CT molecular complexity index is 970. The van der Waals surface area contributed by atoms with Crippen LogP contribution in [0.1, 0.15) is 24.8 Å². The third kappa shape index (κ3) is 3.80. The van der Waals surface area contributed by atoms with E-state index in [2.05, 4.69) is 49.4 Å². The number of anilines is 1. The molecule has 0 aliphatic carbocycles. The van der Waals surface area contributed by atoms with Crippen LogP contribution in [0.2, 0.25) is 0 Å². The molecule has 0 unspecified atom stereocenters.